The Hall–Kier alpha value is -1.34. The van der Waals surface area contributed by atoms with Crippen molar-refractivity contribution in [3.63, 3.8) is 0 Å². The van der Waals surface area contributed by atoms with Gasteiger partial charge in [0, 0.05) is 18.2 Å². The number of rotatable bonds is 4. The number of hydrogen-bond acceptors (Lipinski definition) is 4. The van der Waals surface area contributed by atoms with Crippen molar-refractivity contribution < 1.29 is 17.9 Å². The van der Waals surface area contributed by atoms with Crippen LogP contribution in [0.3, 0.4) is 0 Å². The highest BCUT2D eigenvalue weighted by Gasteiger charge is 2.35. The van der Waals surface area contributed by atoms with Crippen molar-refractivity contribution in [2.45, 2.75) is 11.2 Å². The van der Waals surface area contributed by atoms with Gasteiger partial charge < -0.3 is 4.74 Å². The summed E-state index contributed by atoms with van der Waals surface area (Å²) in [6, 6.07) is 6.66. The lowest BCUT2D eigenvalue weighted by Crippen LogP contribution is -2.12. The number of ether oxygens (including phenoxy) is 1. The van der Waals surface area contributed by atoms with Gasteiger partial charge in [0.1, 0.15) is 5.03 Å². The van der Waals surface area contributed by atoms with Crippen molar-refractivity contribution in [1.82, 2.24) is 9.97 Å². The molecule has 1 aromatic carbocycles. The summed E-state index contributed by atoms with van der Waals surface area (Å²) < 4.78 is 43.1. The highest BCUT2D eigenvalue weighted by Crippen LogP contribution is 2.31. The highest BCUT2D eigenvalue weighted by atomic mass is 32.2. The maximum absolute atomic E-state index is 12.7. The smallest absolute Gasteiger partial charge is 0.384 e. The van der Waals surface area contributed by atoms with Crippen LogP contribution in [0.1, 0.15) is 5.82 Å². The van der Waals surface area contributed by atoms with Crippen LogP contribution >= 0.6 is 11.8 Å². The van der Waals surface area contributed by atoms with E-state index in [1.165, 1.54) is 11.8 Å². The third-order valence-electron chi connectivity index (χ3n) is 2.35. The average Bonchev–Trinajstić information content (AvgIpc) is 2.37. The molecule has 0 unspecified atom stereocenters. The Morgan fingerprint density at radius 1 is 1.21 bits per heavy atom. The standard InChI is InChI=1S/C12H11F3N2OS/c1-18-6-7-19-10-8-4-2-3-5-9(8)16-11(17-10)12(13,14)15/h2-5H,6-7H2,1H3. The molecule has 0 saturated heterocycles. The highest BCUT2D eigenvalue weighted by molar-refractivity contribution is 7.99. The molecule has 0 atom stereocenters. The van der Waals surface area contributed by atoms with Crippen molar-refractivity contribution in [2.24, 2.45) is 0 Å². The predicted molar refractivity (Wildman–Crippen MR) is 67.1 cm³/mol. The zero-order chi connectivity index (χ0) is 13.9. The number of fused-ring (bicyclic) bond motifs is 1. The monoisotopic (exact) mass is 288 g/mol. The van der Waals surface area contributed by atoms with Crippen LogP contribution in [-0.2, 0) is 10.9 Å². The number of aromatic nitrogens is 2. The summed E-state index contributed by atoms with van der Waals surface area (Å²) in [5, 5.41) is 0.951. The van der Waals surface area contributed by atoms with E-state index in [0.29, 0.717) is 28.3 Å². The van der Waals surface area contributed by atoms with Crippen LogP contribution in [0.15, 0.2) is 29.3 Å². The van der Waals surface area contributed by atoms with E-state index in [9.17, 15) is 13.2 Å². The summed E-state index contributed by atoms with van der Waals surface area (Å²) in [4.78, 5) is 7.17. The quantitative estimate of drug-likeness (QED) is 0.491. The number of methoxy groups -OCH3 is 1. The number of nitrogens with zero attached hydrogens (tertiary/aromatic N) is 2. The van der Waals surface area contributed by atoms with Crippen molar-refractivity contribution in [2.75, 3.05) is 19.5 Å². The molecule has 0 bridgehead atoms. The van der Waals surface area contributed by atoms with Gasteiger partial charge in [0.05, 0.1) is 12.1 Å². The molecular formula is C12H11F3N2OS. The first-order chi connectivity index (χ1) is 9.02. The summed E-state index contributed by atoms with van der Waals surface area (Å²) in [6.07, 6.45) is -4.54. The van der Waals surface area contributed by atoms with Gasteiger partial charge in [0.2, 0.25) is 5.82 Å². The molecule has 1 aromatic heterocycles. The van der Waals surface area contributed by atoms with Crippen LogP contribution in [-0.4, -0.2) is 29.4 Å². The summed E-state index contributed by atoms with van der Waals surface area (Å²) in [5.41, 5.74) is 0.296. The van der Waals surface area contributed by atoms with Crippen LogP contribution in [0.5, 0.6) is 0 Å². The lowest BCUT2D eigenvalue weighted by molar-refractivity contribution is -0.145. The topological polar surface area (TPSA) is 35.0 Å². The van der Waals surface area contributed by atoms with Crippen LogP contribution in [0, 0.1) is 0 Å². The van der Waals surface area contributed by atoms with Crippen molar-refractivity contribution >= 4 is 22.7 Å². The zero-order valence-corrected chi connectivity index (χ0v) is 10.9. The molecule has 0 aliphatic heterocycles. The van der Waals surface area contributed by atoms with E-state index in [1.807, 2.05) is 0 Å². The normalized spacial score (nSPS) is 12.0. The number of alkyl halides is 3. The van der Waals surface area contributed by atoms with E-state index in [4.69, 9.17) is 4.74 Å². The molecule has 0 fully saturated rings. The van der Waals surface area contributed by atoms with Crippen LogP contribution < -0.4 is 0 Å². The fraction of sp³-hybridized carbons (Fsp3) is 0.333. The lowest BCUT2D eigenvalue weighted by Gasteiger charge is -2.10. The number of para-hydroxylation sites is 1. The molecule has 1 heterocycles. The number of thioether (sulfide) groups is 1. The van der Waals surface area contributed by atoms with E-state index in [0.717, 1.165) is 0 Å². The molecule has 19 heavy (non-hydrogen) atoms. The molecular weight excluding hydrogens is 277 g/mol. The molecule has 0 spiro atoms. The second-order valence-corrected chi connectivity index (χ2v) is 4.79. The van der Waals surface area contributed by atoms with Crippen molar-refractivity contribution in [3.05, 3.63) is 30.1 Å². The molecule has 3 nitrogen and oxygen atoms in total. The van der Waals surface area contributed by atoms with E-state index < -0.39 is 12.0 Å². The van der Waals surface area contributed by atoms with E-state index in [1.54, 1.807) is 31.4 Å². The Morgan fingerprint density at radius 3 is 2.63 bits per heavy atom. The SMILES string of the molecule is COCCSc1nc(C(F)(F)F)nc2ccccc12. The number of halogens is 3. The second-order valence-electron chi connectivity index (χ2n) is 3.71. The molecule has 0 aliphatic rings. The molecule has 2 aromatic rings. The minimum Gasteiger partial charge on any atom is -0.384 e. The fourth-order valence-corrected chi connectivity index (χ4v) is 2.43. The Kier molecular flexibility index (Phi) is 4.26. The van der Waals surface area contributed by atoms with Gasteiger partial charge in [0.25, 0.3) is 0 Å². The fourth-order valence-electron chi connectivity index (χ4n) is 1.51. The molecule has 0 aliphatic carbocycles. The Bertz CT molecular complexity index is 574. The minimum absolute atomic E-state index is 0.296. The van der Waals surface area contributed by atoms with E-state index in [2.05, 4.69) is 9.97 Å². The predicted octanol–water partition coefficient (Wildman–Crippen LogP) is 3.39. The molecule has 0 saturated carbocycles. The third-order valence-corrected chi connectivity index (χ3v) is 3.30. The average molecular weight is 288 g/mol. The molecule has 0 amide bonds. The largest absolute Gasteiger partial charge is 0.451 e. The molecule has 2 rings (SSSR count). The van der Waals surface area contributed by atoms with Crippen LogP contribution in [0.2, 0.25) is 0 Å². The molecule has 0 N–H and O–H groups in total. The Balaban J connectivity index is 2.46. The zero-order valence-electron chi connectivity index (χ0n) is 10.1. The summed E-state index contributed by atoms with van der Waals surface area (Å²) in [6.45, 7) is 0.449. The van der Waals surface area contributed by atoms with Gasteiger partial charge in [-0.1, -0.05) is 18.2 Å². The van der Waals surface area contributed by atoms with Crippen LogP contribution in [0.4, 0.5) is 13.2 Å². The lowest BCUT2D eigenvalue weighted by atomic mass is 10.2. The van der Waals surface area contributed by atoms with Gasteiger partial charge in [0.15, 0.2) is 0 Å². The molecule has 7 heteroatoms. The summed E-state index contributed by atoms with van der Waals surface area (Å²) in [7, 11) is 1.54. The van der Waals surface area contributed by atoms with E-state index in [-0.39, 0.29) is 0 Å². The van der Waals surface area contributed by atoms with Gasteiger partial charge in [-0.25, -0.2) is 9.97 Å². The number of hydrogen-bond donors (Lipinski definition) is 0. The van der Waals surface area contributed by atoms with Crippen molar-refractivity contribution in [3.8, 4) is 0 Å². The maximum atomic E-state index is 12.7. The Labute approximate surface area is 112 Å². The van der Waals surface area contributed by atoms with Gasteiger partial charge in [-0.2, -0.15) is 13.2 Å². The third kappa shape index (κ3) is 3.36. The van der Waals surface area contributed by atoms with Crippen molar-refractivity contribution in [1.29, 1.82) is 0 Å². The van der Waals surface area contributed by atoms with Gasteiger partial charge >= 0.3 is 6.18 Å². The van der Waals surface area contributed by atoms with Gasteiger partial charge in [-0.3, -0.25) is 0 Å². The van der Waals surface area contributed by atoms with Gasteiger partial charge in [-0.15, -0.1) is 11.8 Å². The second kappa shape index (κ2) is 5.75. The first-order valence-electron chi connectivity index (χ1n) is 5.48. The van der Waals surface area contributed by atoms with Crippen LogP contribution in [0.25, 0.3) is 10.9 Å². The first kappa shape index (κ1) is 14.1. The first-order valence-corrected chi connectivity index (χ1v) is 6.46. The molecule has 102 valence electrons. The maximum Gasteiger partial charge on any atom is 0.451 e. The minimum atomic E-state index is -4.54. The number of benzene rings is 1. The summed E-state index contributed by atoms with van der Waals surface area (Å²) in [5.74, 6) is -0.569. The summed E-state index contributed by atoms with van der Waals surface area (Å²) >= 11 is 1.23. The molecule has 0 radical (unpaired) electrons. The van der Waals surface area contributed by atoms with Gasteiger partial charge in [-0.05, 0) is 6.07 Å². The Morgan fingerprint density at radius 2 is 1.95 bits per heavy atom. The van der Waals surface area contributed by atoms with E-state index >= 15 is 0 Å².